The Morgan fingerprint density at radius 3 is 2.14 bits per heavy atom. The van der Waals surface area contributed by atoms with Gasteiger partial charge >= 0.3 is 52.6 Å². The molecule has 0 aromatic rings. The molecule has 0 aromatic carbocycles. The van der Waals surface area contributed by atoms with Gasteiger partial charge in [-0.3, -0.25) is 0 Å². The molecule has 6 heteroatoms. The monoisotopic (exact) mass is 209 g/mol. The topological polar surface area (TPSA) is 63.6 Å². The van der Waals surface area contributed by atoms with Gasteiger partial charge in [0.2, 0.25) is 0 Å². The molecule has 0 heterocycles. The first-order valence-electron chi connectivity index (χ1n) is 1.27. The molecular weight excluding hydrogens is 204 g/mol. The minimum atomic E-state index is -3.60. The second-order valence-electron chi connectivity index (χ2n) is 0.755. The fourth-order valence-corrected chi connectivity index (χ4v) is 0.382. The third kappa shape index (κ3) is 3.17. The van der Waals surface area contributed by atoms with Crippen molar-refractivity contribution in [1.82, 2.24) is 0 Å². The molecule has 0 aliphatic carbocycles. The SMILES string of the molecule is O=S(=O)(CO)[O][Mo]. The summed E-state index contributed by atoms with van der Waals surface area (Å²) in [6.45, 7) is 0. The predicted octanol–water partition coefficient (Wildman–Crippen LogP) is -1.26. The maximum atomic E-state index is 9.90. The fraction of sp³-hybridized carbons (Fsp3) is 1.00. The Labute approximate surface area is 53.0 Å². The van der Waals surface area contributed by atoms with Crippen molar-refractivity contribution in [3.05, 3.63) is 0 Å². The quantitative estimate of drug-likeness (QED) is 0.574. The number of aliphatic hydroxyl groups excluding tert-OH is 1. The number of hydrogen-bond acceptors (Lipinski definition) is 4. The Balaban J connectivity index is 3.89. The van der Waals surface area contributed by atoms with Crippen LogP contribution in [-0.4, -0.2) is 19.5 Å². The zero-order chi connectivity index (χ0) is 5.91. The molecule has 0 aliphatic heterocycles. The van der Waals surface area contributed by atoms with Crippen LogP contribution in [0.2, 0.25) is 0 Å². The summed E-state index contributed by atoms with van der Waals surface area (Å²) in [5.41, 5.74) is 0. The van der Waals surface area contributed by atoms with Crippen molar-refractivity contribution < 1.29 is 36.6 Å². The second-order valence-corrected chi connectivity index (χ2v) is 3.27. The molecule has 0 bridgehead atoms. The van der Waals surface area contributed by atoms with E-state index in [1.54, 1.807) is 0 Å². The molecule has 0 aliphatic rings. The zero-order valence-electron chi connectivity index (χ0n) is 3.20. The molecule has 0 saturated carbocycles. The molecule has 0 spiro atoms. The summed E-state index contributed by atoms with van der Waals surface area (Å²) in [5, 5.41) is 7.88. The van der Waals surface area contributed by atoms with Crippen LogP contribution < -0.4 is 0 Å². The summed E-state index contributed by atoms with van der Waals surface area (Å²) < 4.78 is 23.6. The van der Waals surface area contributed by atoms with Crippen LogP contribution in [0.5, 0.6) is 0 Å². The number of aliphatic hydroxyl groups is 1. The van der Waals surface area contributed by atoms with Gasteiger partial charge in [-0.1, -0.05) is 0 Å². The van der Waals surface area contributed by atoms with Crippen molar-refractivity contribution in [1.29, 1.82) is 0 Å². The summed E-state index contributed by atoms with van der Waals surface area (Å²) in [6, 6.07) is 0. The van der Waals surface area contributed by atoms with Gasteiger partial charge in [-0.05, 0) is 0 Å². The van der Waals surface area contributed by atoms with E-state index < -0.39 is 16.1 Å². The van der Waals surface area contributed by atoms with Crippen molar-refractivity contribution in [2.75, 3.05) is 5.94 Å². The van der Waals surface area contributed by atoms with Crippen LogP contribution >= 0.6 is 0 Å². The third-order valence-electron chi connectivity index (χ3n) is 0.262. The van der Waals surface area contributed by atoms with E-state index in [0.29, 0.717) is 0 Å². The van der Waals surface area contributed by atoms with E-state index in [-0.39, 0.29) is 0 Å². The summed E-state index contributed by atoms with van der Waals surface area (Å²) in [6.07, 6.45) is 0. The van der Waals surface area contributed by atoms with E-state index in [1.165, 1.54) is 0 Å². The summed E-state index contributed by atoms with van der Waals surface area (Å²) in [5.74, 6) is -0.952. The van der Waals surface area contributed by atoms with Gasteiger partial charge in [0.15, 0.2) is 0 Å². The molecule has 0 aromatic heterocycles. The number of hydrogen-bond donors (Lipinski definition) is 1. The fourth-order valence-electron chi connectivity index (χ4n) is 0.0215. The van der Waals surface area contributed by atoms with Crippen molar-refractivity contribution in [2.24, 2.45) is 0 Å². The average molecular weight is 207 g/mol. The first-order chi connectivity index (χ1) is 3.12. The van der Waals surface area contributed by atoms with Crippen LogP contribution in [0.4, 0.5) is 0 Å². The zero-order valence-corrected chi connectivity index (χ0v) is 6.02. The molecule has 0 saturated heterocycles. The Morgan fingerprint density at radius 1 is 1.71 bits per heavy atom. The van der Waals surface area contributed by atoms with Gasteiger partial charge in [0.05, 0.1) is 0 Å². The van der Waals surface area contributed by atoms with E-state index >= 15 is 0 Å². The molecular formula is CH3MoO4S. The van der Waals surface area contributed by atoms with Gasteiger partial charge < -0.3 is 0 Å². The predicted molar refractivity (Wildman–Crippen MR) is 17.1 cm³/mol. The van der Waals surface area contributed by atoms with Crippen molar-refractivity contribution in [3.63, 3.8) is 0 Å². The normalized spacial score (nSPS) is 11.6. The first kappa shape index (κ1) is 7.56. The van der Waals surface area contributed by atoms with E-state index in [9.17, 15) is 8.42 Å². The molecule has 0 fully saturated rings. The van der Waals surface area contributed by atoms with Crippen LogP contribution in [0, 0.1) is 0 Å². The van der Waals surface area contributed by atoms with Crippen molar-refractivity contribution in [3.8, 4) is 0 Å². The Morgan fingerprint density at radius 2 is 2.14 bits per heavy atom. The van der Waals surface area contributed by atoms with E-state index in [0.717, 1.165) is 20.2 Å². The standard InChI is InChI=1S/CH4O4S.Mo/c2-1-6(3,4)5;/h2H,1H2,(H,3,4,5);/q;+1/p-1. The van der Waals surface area contributed by atoms with Gasteiger partial charge in [0.25, 0.3) is 0 Å². The van der Waals surface area contributed by atoms with Crippen molar-refractivity contribution in [2.45, 2.75) is 0 Å². The first-order valence-corrected chi connectivity index (χ1v) is 3.67. The van der Waals surface area contributed by atoms with Gasteiger partial charge in [-0.25, -0.2) is 0 Å². The van der Waals surface area contributed by atoms with Crippen LogP contribution in [0.1, 0.15) is 0 Å². The molecule has 0 atom stereocenters. The third-order valence-corrected chi connectivity index (χ3v) is 2.31. The summed E-state index contributed by atoms with van der Waals surface area (Å²) in [4.78, 5) is 0. The Kier molecular flexibility index (Phi) is 2.99. The molecule has 4 nitrogen and oxygen atoms in total. The average Bonchev–Trinajstić information content (AvgIpc) is 1.68. The Hall–Kier alpha value is 0.558. The van der Waals surface area contributed by atoms with Gasteiger partial charge in [-0.2, -0.15) is 0 Å². The van der Waals surface area contributed by atoms with Gasteiger partial charge in [-0.15, -0.1) is 0 Å². The van der Waals surface area contributed by atoms with Crippen LogP contribution in [-0.2, 0) is 33.1 Å². The van der Waals surface area contributed by atoms with Gasteiger partial charge in [0.1, 0.15) is 0 Å². The number of rotatable bonds is 2. The second kappa shape index (κ2) is 2.77. The van der Waals surface area contributed by atoms with E-state index in [2.05, 4.69) is 2.84 Å². The van der Waals surface area contributed by atoms with Crippen LogP contribution in [0.25, 0.3) is 0 Å². The Bertz CT molecular complexity index is 115. The minimum absolute atomic E-state index is 0.928. The molecule has 0 amide bonds. The molecule has 1 N–H and O–H groups in total. The van der Waals surface area contributed by atoms with E-state index in [4.69, 9.17) is 5.11 Å². The molecule has 43 valence electrons. The van der Waals surface area contributed by atoms with Crippen molar-refractivity contribution >= 4 is 10.1 Å². The maximum absolute atomic E-state index is 9.90. The van der Waals surface area contributed by atoms with Crippen LogP contribution in [0.15, 0.2) is 0 Å². The molecule has 0 radical (unpaired) electrons. The van der Waals surface area contributed by atoms with E-state index in [1.807, 2.05) is 0 Å². The van der Waals surface area contributed by atoms with Gasteiger partial charge in [0, 0.05) is 0 Å². The molecule has 0 rings (SSSR count). The molecule has 7 heavy (non-hydrogen) atoms. The summed E-state index contributed by atoms with van der Waals surface area (Å²) >= 11 is 0.928. The summed E-state index contributed by atoms with van der Waals surface area (Å²) in [7, 11) is -3.60. The van der Waals surface area contributed by atoms with Crippen LogP contribution in [0.3, 0.4) is 0 Å². The molecule has 0 unspecified atom stereocenters.